The van der Waals surface area contributed by atoms with Crippen LogP contribution in [0.4, 0.5) is 0 Å². The summed E-state index contributed by atoms with van der Waals surface area (Å²) in [6.07, 6.45) is 0. The molecular weight excluding hydrogens is 388 g/mol. The summed E-state index contributed by atoms with van der Waals surface area (Å²) in [5, 5.41) is 11.1. The van der Waals surface area contributed by atoms with E-state index in [9.17, 15) is 5.11 Å². The van der Waals surface area contributed by atoms with Crippen molar-refractivity contribution in [1.82, 2.24) is 0 Å². The van der Waals surface area contributed by atoms with Crippen LogP contribution >= 0.6 is 0 Å². The molecule has 0 aliphatic carbocycles. The maximum absolute atomic E-state index is 11.1. The van der Waals surface area contributed by atoms with Crippen molar-refractivity contribution in [3.63, 3.8) is 0 Å². The Morgan fingerprint density at radius 2 is 1.00 bits per heavy atom. The van der Waals surface area contributed by atoms with Crippen molar-refractivity contribution in [2.45, 2.75) is 47.1 Å². The third-order valence-corrected chi connectivity index (χ3v) is 6.29. The lowest BCUT2D eigenvalue weighted by molar-refractivity contribution is 0.0792. The zero-order chi connectivity index (χ0) is 23.0. The standard InChI is InChI=1S/C31H32O/c1-20-14-16-22(3)27(18-20)24-11-9-12-25(28-19-21(2)15-17-23(28)4)30(24)26-10-7-8-13-29(26)31(5,6)32/h7-19,32H,1-6H3. The van der Waals surface area contributed by atoms with E-state index in [2.05, 4.69) is 94.4 Å². The third-order valence-electron chi connectivity index (χ3n) is 6.29. The van der Waals surface area contributed by atoms with Crippen LogP contribution in [0, 0.1) is 27.7 Å². The van der Waals surface area contributed by atoms with Gasteiger partial charge in [0, 0.05) is 0 Å². The molecule has 0 aliphatic rings. The van der Waals surface area contributed by atoms with Crippen molar-refractivity contribution >= 4 is 0 Å². The summed E-state index contributed by atoms with van der Waals surface area (Å²) in [6, 6.07) is 28.1. The normalized spacial score (nSPS) is 11.6. The Bertz CT molecular complexity index is 1220. The summed E-state index contributed by atoms with van der Waals surface area (Å²) in [6.45, 7) is 12.4. The molecule has 1 nitrogen and oxygen atoms in total. The molecule has 32 heavy (non-hydrogen) atoms. The van der Waals surface area contributed by atoms with Crippen LogP contribution in [-0.4, -0.2) is 5.11 Å². The van der Waals surface area contributed by atoms with E-state index in [0.717, 1.165) is 11.1 Å². The summed E-state index contributed by atoms with van der Waals surface area (Å²) in [4.78, 5) is 0. The van der Waals surface area contributed by atoms with E-state index in [1.165, 1.54) is 50.1 Å². The second-order valence-corrected chi connectivity index (χ2v) is 9.47. The Morgan fingerprint density at radius 3 is 1.50 bits per heavy atom. The summed E-state index contributed by atoms with van der Waals surface area (Å²) in [5.41, 5.74) is 12.1. The largest absolute Gasteiger partial charge is 0.386 e. The number of aryl methyl sites for hydroxylation is 4. The van der Waals surface area contributed by atoms with Gasteiger partial charge in [0.05, 0.1) is 5.60 Å². The molecule has 0 unspecified atom stereocenters. The number of rotatable bonds is 4. The predicted molar refractivity (Wildman–Crippen MR) is 137 cm³/mol. The van der Waals surface area contributed by atoms with Crippen molar-refractivity contribution in [3.05, 3.63) is 107 Å². The first-order chi connectivity index (χ1) is 15.2. The highest BCUT2D eigenvalue weighted by Gasteiger charge is 2.24. The average molecular weight is 421 g/mol. The summed E-state index contributed by atoms with van der Waals surface area (Å²) in [5.74, 6) is 0. The second kappa shape index (κ2) is 8.41. The Balaban J connectivity index is 2.16. The molecule has 4 aromatic carbocycles. The predicted octanol–water partition coefficient (Wildman–Crippen LogP) is 8.15. The lowest BCUT2D eigenvalue weighted by atomic mass is 9.81. The van der Waals surface area contributed by atoms with E-state index in [0.29, 0.717) is 0 Å². The van der Waals surface area contributed by atoms with E-state index in [4.69, 9.17) is 0 Å². The van der Waals surface area contributed by atoms with Crippen LogP contribution in [0.3, 0.4) is 0 Å². The minimum absolute atomic E-state index is 0.935. The SMILES string of the molecule is Cc1ccc(C)c(-c2cccc(-c3cc(C)ccc3C)c2-c2ccccc2C(C)(C)O)c1. The van der Waals surface area contributed by atoms with Crippen molar-refractivity contribution in [2.24, 2.45) is 0 Å². The van der Waals surface area contributed by atoms with E-state index in [1.54, 1.807) is 0 Å². The Morgan fingerprint density at radius 1 is 0.531 bits per heavy atom. The number of hydrogen-bond donors (Lipinski definition) is 1. The molecule has 0 aromatic heterocycles. The molecule has 4 aromatic rings. The van der Waals surface area contributed by atoms with E-state index in [1.807, 2.05) is 26.0 Å². The smallest absolute Gasteiger partial charge is 0.0846 e. The molecule has 4 rings (SSSR count). The number of benzene rings is 4. The van der Waals surface area contributed by atoms with Gasteiger partial charge in [-0.3, -0.25) is 0 Å². The molecular formula is C31H32O. The molecule has 1 heteroatoms. The maximum atomic E-state index is 11.1. The second-order valence-electron chi connectivity index (χ2n) is 9.47. The van der Waals surface area contributed by atoms with Gasteiger partial charge in [0.2, 0.25) is 0 Å². The van der Waals surface area contributed by atoms with Crippen LogP contribution in [0.1, 0.15) is 41.7 Å². The van der Waals surface area contributed by atoms with Gasteiger partial charge >= 0.3 is 0 Å². The van der Waals surface area contributed by atoms with Gasteiger partial charge in [-0.2, -0.15) is 0 Å². The van der Waals surface area contributed by atoms with Gasteiger partial charge in [0.25, 0.3) is 0 Å². The highest BCUT2D eigenvalue weighted by atomic mass is 16.3. The maximum Gasteiger partial charge on any atom is 0.0846 e. The van der Waals surface area contributed by atoms with Gasteiger partial charge in [-0.25, -0.2) is 0 Å². The van der Waals surface area contributed by atoms with Crippen molar-refractivity contribution in [3.8, 4) is 33.4 Å². The van der Waals surface area contributed by atoms with Crippen LogP contribution in [0.5, 0.6) is 0 Å². The average Bonchev–Trinajstić information content (AvgIpc) is 2.76. The molecule has 1 N–H and O–H groups in total. The fourth-order valence-corrected chi connectivity index (χ4v) is 4.58. The Kier molecular flexibility index (Phi) is 5.79. The van der Waals surface area contributed by atoms with Crippen molar-refractivity contribution < 1.29 is 5.11 Å². The number of hydrogen-bond acceptors (Lipinski definition) is 1. The lowest BCUT2D eigenvalue weighted by Crippen LogP contribution is -2.17. The van der Waals surface area contributed by atoms with Gasteiger partial charge in [-0.15, -0.1) is 0 Å². The van der Waals surface area contributed by atoms with Gasteiger partial charge < -0.3 is 5.11 Å². The molecule has 0 radical (unpaired) electrons. The van der Waals surface area contributed by atoms with E-state index >= 15 is 0 Å². The Hall–Kier alpha value is -3.16. The molecule has 0 amide bonds. The summed E-state index contributed by atoms with van der Waals surface area (Å²) >= 11 is 0. The minimum atomic E-state index is -0.954. The minimum Gasteiger partial charge on any atom is -0.386 e. The molecule has 0 bridgehead atoms. The Labute approximate surface area is 192 Å². The topological polar surface area (TPSA) is 20.2 Å². The number of aliphatic hydroxyl groups is 1. The lowest BCUT2D eigenvalue weighted by Gasteiger charge is -2.26. The molecule has 0 saturated carbocycles. The first-order valence-corrected chi connectivity index (χ1v) is 11.3. The summed E-state index contributed by atoms with van der Waals surface area (Å²) < 4.78 is 0. The molecule has 0 saturated heterocycles. The quantitative estimate of drug-likeness (QED) is 0.353. The fraction of sp³-hybridized carbons (Fsp3) is 0.226. The van der Waals surface area contributed by atoms with Crippen LogP contribution in [0.25, 0.3) is 33.4 Å². The molecule has 0 aliphatic heterocycles. The summed E-state index contributed by atoms with van der Waals surface area (Å²) in [7, 11) is 0. The first-order valence-electron chi connectivity index (χ1n) is 11.3. The fourth-order valence-electron chi connectivity index (χ4n) is 4.58. The highest BCUT2D eigenvalue weighted by molar-refractivity contribution is 5.97. The molecule has 162 valence electrons. The van der Waals surface area contributed by atoms with Gasteiger partial charge in [0.1, 0.15) is 0 Å². The van der Waals surface area contributed by atoms with Gasteiger partial charge in [-0.05, 0) is 91.6 Å². The van der Waals surface area contributed by atoms with Crippen molar-refractivity contribution in [2.75, 3.05) is 0 Å². The molecule has 0 atom stereocenters. The monoisotopic (exact) mass is 420 g/mol. The van der Waals surface area contributed by atoms with E-state index < -0.39 is 5.60 Å². The van der Waals surface area contributed by atoms with Gasteiger partial charge in [-0.1, -0.05) is 90.0 Å². The van der Waals surface area contributed by atoms with Crippen LogP contribution in [0.2, 0.25) is 0 Å². The van der Waals surface area contributed by atoms with Gasteiger partial charge in [0.15, 0.2) is 0 Å². The van der Waals surface area contributed by atoms with Crippen molar-refractivity contribution in [1.29, 1.82) is 0 Å². The molecule has 0 spiro atoms. The third kappa shape index (κ3) is 4.13. The van der Waals surface area contributed by atoms with Crippen LogP contribution in [0.15, 0.2) is 78.9 Å². The zero-order valence-electron chi connectivity index (χ0n) is 20.0. The highest BCUT2D eigenvalue weighted by Crippen LogP contribution is 2.45. The van der Waals surface area contributed by atoms with Crippen LogP contribution in [-0.2, 0) is 5.60 Å². The van der Waals surface area contributed by atoms with Crippen LogP contribution < -0.4 is 0 Å². The molecule has 0 heterocycles. The van der Waals surface area contributed by atoms with E-state index in [-0.39, 0.29) is 0 Å². The first kappa shape index (κ1) is 22.0. The molecule has 0 fully saturated rings. The zero-order valence-corrected chi connectivity index (χ0v) is 20.0.